The second-order valence-corrected chi connectivity index (χ2v) is 19.6. The highest BCUT2D eigenvalue weighted by molar-refractivity contribution is 7.89. The van der Waals surface area contributed by atoms with Gasteiger partial charge in [-0.2, -0.15) is 0 Å². The molecule has 0 radical (unpaired) electrons. The molecule has 1 aliphatic carbocycles. The van der Waals surface area contributed by atoms with E-state index >= 15 is 0 Å². The van der Waals surface area contributed by atoms with E-state index in [-0.39, 0.29) is 28.1 Å². The summed E-state index contributed by atoms with van der Waals surface area (Å²) < 4.78 is 36.8. The first-order valence-electron chi connectivity index (χ1n) is 13.3. The van der Waals surface area contributed by atoms with Crippen molar-refractivity contribution in [1.82, 2.24) is 4.72 Å². The van der Waals surface area contributed by atoms with Crippen LogP contribution >= 0.6 is 0 Å². The number of hydrogen-bond acceptors (Lipinski definition) is 5. The molecule has 0 amide bonds. The van der Waals surface area contributed by atoms with Gasteiger partial charge in [0.2, 0.25) is 10.0 Å². The first-order valence-corrected chi connectivity index (χ1v) is 17.7. The zero-order valence-corrected chi connectivity index (χ0v) is 25.7. The number of hydrogen-bond donors (Lipinski definition) is 2. The SMILES string of the molecule is Cc1ccc(S(=O)(=O)N[C@H]([C@@H](O)CC(=O)C(C)(C)C)[C@@H](O[Si](C)(C)C(C)(C)C)C2CCCCC2)cc1. The molecule has 0 spiro atoms. The molecule has 0 saturated heterocycles. The maximum absolute atomic E-state index is 13.5. The lowest BCUT2D eigenvalue weighted by molar-refractivity contribution is -0.129. The number of rotatable bonds is 10. The van der Waals surface area contributed by atoms with Gasteiger partial charge in [0, 0.05) is 11.8 Å². The summed E-state index contributed by atoms with van der Waals surface area (Å²) in [5, 5.41) is 11.4. The Morgan fingerprint density at radius 3 is 2.06 bits per heavy atom. The molecular formula is C28H49NO5SSi. The Labute approximate surface area is 220 Å². The van der Waals surface area contributed by atoms with Crippen LogP contribution in [0.5, 0.6) is 0 Å². The molecule has 1 aromatic carbocycles. The second-order valence-electron chi connectivity index (χ2n) is 13.1. The van der Waals surface area contributed by atoms with Crippen LogP contribution in [0.3, 0.4) is 0 Å². The maximum Gasteiger partial charge on any atom is 0.240 e. The Morgan fingerprint density at radius 1 is 1.06 bits per heavy atom. The molecule has 0 bridgehead atoms. The minimum atomic E-state index is -3.95. The molecule has 1 saturated carbocycles. The molecule has 0 unspecified atom stereocenters. The van der Waals surface area contributed by atoms with Crippen molar-refractivity contribution < 1.29 is 22.7 Å². The summed E-state index contributed by atoms with van der Waals surface area (Å²) in [6.45, 7) is 18.1. The summed E-state index contributed by atoms with van der Waals surface area (Å²) in [6, 6.07) is 5.74. The van der Waals surface area contributed by atoms with Crippen LogP contribution in [0.2, 0.25) is 18.1 Å². The molecule has 8 heteroatoms. The van der Waals surface area contributed by atoms with E-state index in [1.165, 1.54) is 0 Å². The molecule has 206 valence electrons. The van der Waals surface area contributed by atoms with Gasteiger partial charge in [0.1, 0.15) is 5.78 Å². The van der Waals surface area contributed by atoms with Crippen LogP contribution < -0.4 is 4.72 Å². The highest BCUT2D eigenvalue weighted by Gasteiger charge is 2.46. The standard InChI is InChI=1S/C28H49NO5SSi/c1-20-15-17-22(18-16-20)35(32,33)29-25(23(30)19-24(31)27(2,3)4)26(21-13-11-10-12-14-21)34-36(8,9)28(5,6)7/h15-18,21,23,25-26,29-30H,10-14,19H2,1-9H3/t23-,25+,26-/m0/s1. The minimum Gasteiger partial charge on any atom is -0.412 e. The number of Topliss-reactive ketones (excluding diaryl/α,β-unsaturated/α-hetero) is 1. The van der Waals surface area contributed by atoms with Crippen molar-refractivity contribution in [2.75, 3.05) is 0 Å². The van der Waals surface area contributed by atoms with Crippen LogP contribution in [0.15, 0.2) is 29.2 Å². The summed E-state index contributed by atoms with van der Waals surface area (Å²) in [4.78, 5) is 13.1. The Morgan fingerprint density at radius 2 is 1.58 bits per heavy atom. The van der Waals surface area contributed by atoms with Gasteiger partial charge in [-0.1, -0.05) is 78.5 Å². The normalized spacial score (nSPS) is 19.1. The lowest BCUT2D eigenvalue weighted by Gasteiger charge is -2.46. The fraction of sp³-hybridized carbons (Fsp3) is 0.750. The van der Waals surface area contributed by atoms with E-state index in [0.29, 0.717) is 0 Å². The van der Waals surface area contributed by atoms with Gasteiger partial charge < -0.3 is 9.53 Å². The van der Waals surface area contributed by atoms with Gasteiger partial charge in [-0.3, -0.25) is 4.79 Å². The third kappa shape index (κ3) is 8.22. The number of aliphatic hydroxyl groups excluding tert-OH is 1. The van der Waals surface area contributed by atoms with Crippen LogP contribution in [0, 0.1) is 18.3 Å². The van der Waals surface area contributed by atoms with E-state index in [9.17, 15) is 18.3 Å². The monoisotopic (exact) mass is 539 g/mol. The van der Waals surface area contributed by atoms with Crippen LogP contribution in [-0.4, -0.2) is 45.9 Å². The smallest absolute Gasteiger partial charge is 0.240 e. The molecule has 2 rings (SSSR count). The summed E-state index contributed by atoms with van der Waals surface area (Å²) in [7, 11) is -6.28. The fourth-order valence-corrected chi connectivity index (χ4v) is 7.05. The molecule has 2 N–H and O–H groups in total. The third-order valence-corrected chi connectivity index (χ3v) is 13.9. The number of benzene rings is 1. The zero-order chi connectivity index (χ0) is 27.5. The van der Waals surface area contributed by atoms with Gasteiger partial charge in [-0.05, 0) is 55.9 Å². The summed E-state index contributed by atoms with van der Waals surface area (Å²) in [6.07, 6.45) is 3.24. The van der Waals surface area contributed by atoms with Crippen LogP contribution in [0.4, 0.5) is 0 Å². The average molecular weight is 540 g/mol. The van der Waals surface area contributed by atoms with Gasteiger partial charge in [-0.25, -0.2) is 13.1 Å². The van der Waals surface area contributed by atoms with Crippen molar-refractivity contribution in [3.05, 3.63) is 29.8 Å². The highest BCUT2D eigenvalue weighted by atomic mass is 32.2. The number of sulfonamides is 1. The van der Waals surface area contributed by atoms with E-state index in [0.717, 1.165) is 37.7 Å². The Hall–Kier alpha value is -1.06. The summed E-state index contributed by atoms with van der Waals surface area (Å²) in [5.41, 5.74) is 0.324. The molecule has 3 atom stereocenters. The highest BCUT2D eigenvalue weighted by Crippen LogP contribution is 2.41. The molecular weight excluding hydrogens is 490 g/mol. The maximum atomic E-state index is 13.5. The van der Waals surface area contributed by atoms with Crippen molar-refractivity contribution >= 4 is 24.1 Å². The number of carbonyl (C=O) groups is 1. The van der Waals surface area contributed by atoms with Crippen molar-refractivity contribution in [2.24, 2.45) is 11.3 Å². The summed E-state index contributed by atoms with van der Waals surface area (Å²) in [5.74, 6) is 0.00207. The molecule has 1 aliphatic rings. The van der Waals surface area contributed by atoms with Crippen molar-refractivity contribution in [1.29, 1.82) is 0 Å². The first kappa shape index (κ1) is 31.2. The number of aliphatic hydroxyl groups is 1. The average Bonchev–Trinajstić information content (AvgIpc) is 2.75. The quantitative estimate of drug-likeness (QED) is 0.357. The molecule has 36 heavy (non-hydrogen) atoms. The van der Waals surface area contributed by atoms with Crippen LogP contribution in [-0.2, 0) is 19.2 Å². The molecule has 6 nitrogen and oxygen atoms in total. The van der Waals surface area contributed by atoms with Crippen molar-refractivity contribution in [3.63, 3.8) is 0 Å². The Balaban J connectivity index is 2.54. The van der Waals surface area contributed by atoms with Gasteiger partial charge >= 0.3 is 0 Å². The van der Waals surface area contributed by atoms with Gasteiger partial charge in [-0.15, -0.1) is 0 Å². The van der Waals surface area contributed by atoms with E-state index in [1.807, 2.05) is 27.7 Å². The predicted octanol–water partition coefficient (Wildman–Crippen LogP) is 5.98. The molecule has 0 aliphatic heterocycles. The Bertz CT molecular complexity index is 971. The van der Waals surface area contributed by atoms with Gasteiger partial charge in [0.05, 0.1) is 23.1 Å². The van der Waals surface area contributed by atoms with E-state index in [2.05, 4.69) is 38.6 Å². The van der Waals surface area contributed by atoms with Crippen molar-refractivity contribution in [2.45, 2.75) is 128 Å². The van der Waals surface area contributed by atoms with Crippen LogP contribution in [0.25, 0.3) is 0 Å². The van der Waals surface area contributed by atoms with Gasteiger partial charge in [0.25, 0.3) is 0 Å². The van der Waals surface area contributed by atoms with Crippen molar-refractivity contribution in [3.8, 4) is 0 Å². The predicted molar refractivity (Wildman–Crippen MR) is 149 cm³/mol. The first-order chi connectivity index (χ1) is 16.3. The largest absolute Gasteiger partial charge is 0.412 e. The number of carbonyl (C=O) groups excluding carboxylic acids is 1. The van der Waals surface area contributed by atoms with Gasteiger partial charge in [0.15, 0.2) is 8.32 Å². The summed E-state index contributed by atoms with van der Waals surface area (Å²) >= 11 is 0. The van der Waals surface area contributed by atoms with E-state index < -0.39 is 42.0 Å². The van der Waals surface area contributed by atoms with E-state index in [1.54, 1.807) is 24.3 Å². The third-order valence-electron chi connectivity index (χ3n) is 7.97. The van der Waals surface area contributed by atoms with E-state index in [4.69, 9.17) is 4.43 Å². The molecule has 1 fully saturated rings. The fourth-order valence-electron chi connectivity index (χ4n) is 4.39. The molecule has 1 aromatic rings. The molecule has 0 aromatic heterocycles. The minimum absolute atomic E-state index is 0.0908. The topological polar surface area (TPSA) is 92.7 Å². The zero-order valence-electron chi connectivity index (χ0n) is 23.8. The van der Waals surface area contributed by atoms with Crippen LogP contribution in [0.1, 0.15) is 85.6 Å². The molecule has 0 heterocycles. The Kier molecular flexibility index (Phi) is 10.2. The lowest BCUT2D eigenvalue weighted by Crippen LogP contribution is -2.59. The number of aryl methyl sites for hydroxylation is 1. The number of ketones is 1. The lowest BCUT2D eigenvalue weighted by atomic mass is 9.80. The second kappa shape index (κ2) is 11.8. The number of nitrogens with one attached hydrogen (secondary N) is 1.